The van der Waals surface area contributed by atoms with Crippen LogP contribution in [-0.2, 0) is 11.3 Å². The Bertz CT molecular complexity index is 1400. The quantitative estimate of drug-likeness (QED) is 0.332. The number of rotatable bonds is 5. The Labute approximate surface area is 225 Å². The number of alkyl halides is 2. The smallest absolute Gasteiger partial charge is 0.251 e. The number of hydrogen-bond acceptors (Lipinski definition) is 7. The molecule has 1 N–H and O–H groups in total. The Balaban J connectivity index is 0.00000107. The van der Waals surface area contributed by atoms with Gasteiger partial charge in [-0.25, -0.2) is 18.7 Å². The van der Waals surface area contributed by atoms with Gasteiger partial charge in [0, 0.05) is 35.1 Å². The lowest BCUT2D eigenvalue weighted by molar-refractivity contribution is -0.00545. The summed E-state index contributed by atoms with van der Waals surface area (Å²) < 4.78 is 25.1. The lowest BCUT2D eigenvalue weighted by atomic mass is 10.1. The van der Waals surface area contributed by atoms with Crippen LogP contribution in [0.25, 0.3) is 22.3 Å². The van der Waals surface area contributed by atoms with E-state index in [0.717, 1.165) is 51.8 Å². The maximum atomic E-state index is 12.5. The van der Waals surface area contributed by atoms with Crippen LogP contribution in [0.4, 0.5) is 14.6 Å². The average molecular weight is 538 g/mol. The van der Waals surface area contributed by atoms with Gasteiger partial charge in [0.05, 0.1) is 41.4 Å². The van der Waals surface area contributed by atoms with Crippen LogP contribution in [-0.4, -0.2) is 53.1 Å². The number of pyridine rings is 3. The van der Waals surface area contributed by atoms with Crippen molar-refractivity contribution >= 4 is 35.3 Å². The predicted octanol–water partition coefficient (Wildman–Crippen LogP) is 5.41. The Hall–Kier alpha value is -3.63. The monoisotopic (exact) mass is 537 g/mol. The summed E-state index contributed by atoms with van der Waals surface area (Å²) in [4.78, 5) is 29.7. The average Bonchev–Trinajstić information content (AvgIpc) is 2.91. The molecule has 0 bridgehead atoms. The minimum atomic E-state index is -1.75. The fourth-order valence-electron chi connectivity index (χ4n) is 4.32. The molecule has 1 amide bonds. The van der Waals surface area contributed by atoms with Gasteiger partial charge < -0.3 is 15.0 Å². The lowest BCUT2D eigenvalue weighted by Gasteiger charge is -2.36. The van der Waals surface area contributed by atoms with Gasteiger partial charge in [-0.15, -0.1) is 12.6 Å². The van der Waals surface area contributed by atoms with Gasteiger partial charge in [0.2, 0.25) is 6.93 Å². The molecular weight excluding hydrogens is 508 g/mol. The third-order valence-corrected chi connectivity index (χ3v) is 6.19. The van der Waals surface area contributed by atoms with E-state index in [4.69, 9.17) is 14.7 Å². The summed E-state index contributed by atoms with van der Waals surface area (Å²) in [5, 5.41) is 3.84. The molecule has 5 rings (SSSR count). The van der Waals surface area contributed by atoms with Crippen molar-refractivity contribution in [3.63, 3.8) is 0 Å². The first kappa shape index (κ1) is 27.4. The molecule has 10 heteroatoms. The van der Waals surface area contributed by atoms with Crippen LogP contribution in [0.5, 0.6) is 0 Å². The van der Waals surface area contributed by atoms with Crippen molar-refractivity contribution in [1.82, 2.24) is 20.3 Å². The molecule has 2 atom stereocenters. The van der Waals surface area contributed by atoms with E-state index in [1.54, 1.807) is 24.4 Å². The molecular formula is C28H29F2N5O2S. The Morgan fingerprint density at radius 1 is 1.03 bits per heavy atom. The number of halogens is 2. The fourth-order valence-corrected chi connectivity index (χ4v) is 4.55. The molecule has 4 aromatic rings. The number of hydrogen-bond donors (Lipinski definition) is 2. The molecule has 1 fully saturated rings. The summed E-state index contributed by atoms with van der Waals surface area (Å²) in [6.07, 6.45) is 2.11. The largest absolute Gasteiger partial charge is 0.372 e. The van der Waals surface area contributed by atoms with Gasteiger partial charge in [0.15, 0.2) is 0 Å². The molecule has 1 aliphatic heterocycles. The minimum absolute atomic E-state index is 0.163. The highest BCUT2D eigenvalue weighted by Crippen LogP contribution is 2.24. The molecule has 4 heterocycles. The van der Waals surface area contributed by atoms with Gasteiger partial charge in [-0.3, -0.25) is 9.78 Å². The SMILES string of the molecule is CC1CN(c2cccc(-c3ccc4cnc(CNC(=O)c5cccc(S)c5)cc4n3)n2)CC(C)O1.FCF. The molecule has 1 saturated heterocycles. The van der Waals surface area contributed by atoms with Gasteiger partial charge in [-0.2, -0.15) is 0 Å². The summed E-state index contributed by atoms with van der Waals surface area (Å²) >= 11 is 4.30. The minimum Gasteiger partial charge on any atom is -0.372 e. The van der Waals surface area contributed by atoms with E-state index in [1.165, 1.54) is 0 Å². The first-order chi connectivity index (χ1) is 18.4. The van der Waals surface area contributed by atoms with Crippen molar-refractivity contribution < 1.29 is 18.3 Å². The van der Waals surface area contributed by atoms with Crippen molar-refractivity contribution in [2.75, 3.05) is 24.9 Å². The second-order valence-electron chi connectivity index (χ2n) is 8.94. The highest BCUT2D eigenvalue weighted by molar-refractivity contribution is 7.80. The number of nitrogens with zero attached hydrogens (tertiary/aromatic N) is 4. The number of aromatic nitrogens is 3. The number of benzene rings is 1. The van der Waals surface area contributed by atoms with Crippen LogP contribution < -0.4 is 10.2 Å². The Morgan fingerprint density at radius 3 is 2.47 bits per heavy atom. The highest BCUT2D eigenvalue weighted by atomic mass is 32.1. The standard InChI is InChI=1S/C27H27N5O2S.CH2F2/c1-17-15-32(16-18(2)34-17)26-8-4-7-23(31-26)24-10-9-20-13-28-21(12-25(20)30-24)14-29-27(33)19-5-3-6-22(35)11-19;2-1-3/h3-13,17-18,35H,14-16H2,1-2H3,(H,29,33);1H2. The van der Waals surface area contributed by atoms with Crippen molar-refractivity contribution in [2.45, 2.75) is 37.5 Å². The van der Waals surface area contributed by atoms with Crippen molar-refractivity contribution in [1.29, 1.82) is 0 Å². The number of fused-ring (bicyclic) bond motifs is 1. The van der Waals surface area contributed by atoms with Crippen molar-refractivity contribution in [3.8, 4) is 11.4 Å². The van der Waals surface area contributed by atoms with Crippen LogP contribution in [0, 0.1) is 0 Å². The second kappa shape index (κ2) is 12.7. The normalized spacial score (nSPS) is 17.0. The summed E-state index contributed by atoms with van der Waals surface area (Å²) in [7, 11) is 0. The number of anilines is 1. The van der Waals surface area contributed by atoms with Crippen LogP contribution in [0.15, 0.2) is 71.8 Å². The zero-order valence-electron chi connectivity index (χ0n) is 21.1. The van der Waals surface area contributed by atoms with E-state index in [9.17, 15) is 13.6 Å². The zero-order valence-corrected chi connectivity index (χ0v) is 22.0. The van der Waals surface area contributed by atoms with E-state index in [-0.39, 0.29) is 18.1 Å². The molecule has 2 unspecified atom stereocenters. The molecule has 0 saturated carbocycles. The maximum Gasteiger partial charge on any atom is 0.251 e. The lowest BCUT2D eigenvalue weighted by Crippen LogP contribution is -2.45. The van der Waals surface area contributed by atoms with E-state index in [0.29, 0.717) is 12.1 Å². The van der Waals surface area contributed by atoms with E-state index in [1.807, 2.05) is 42.5 Å². The summed E-state index contributed by atoms with van der Waals surface area (Å²) in [5.41, 5.74) is 3.71. The molecule has 1 aliphatic rings. The number of thiol groups is 1. The first-order valence-corrected chi connectivity index (χ1v) is 12.6. The molecule has 0 aliphatic carbocycles. The van der Waals surface area contributed by atoms with E-state index >= 15 is 0 Å². The predicted molar refractivity (Wildman–Crippen MR) is 147 cm³/mol. The van der Waals surface area contributed by atoms with E-state index < -0.39 is 6.93 Å². The van der Waals surface area contributed by atoms with Gasteiger partial charge in [0.1, 0.15) is 5.82 Å². The van der Waals surface area contributed by atoms with Gasteiger partial charge in [0.25, 0.3) is 5.91 Å². The van der Waals surface area contributed by atoms with E-state index in [2.05, 4.69) is 41.7 Å². The van der Waals surface area contributed by atoms with Crippen LogP contribution in [0.2, 0.25) is 0 Å². The molecule has 198 valence electrons. The second-order valence-corrected chi connectivity index (χ2v) is 9.46. The topological polar surface area (TPSA) is 80.2 Å². The third-order valence-electron chi connectivity index (χ3n) is 5.91. The Morgan fingerprint density at radius 2 is 1.74 bits per heavy atom. The summed E-state index contributed by atoms with van der Waals surface area (Å²) in [5.74, 6) is 0.757. The number of ether oxygens (including phenoxy) is 1. The van der Waals surface area contributed by atoms with Crippen molar-refractivity contribution in [3.05, 3.63) is 78.1 Å². The Kier molecular flexibility index (Phi) is 9.19. The number of carbonyl (C=O) groups is 1. The van der Waals surface area contributed by atoms with Crippen LogP contribution in [0.3, 0.4) is 0 Å². The third kappa shape index (κ3) is 7.02. The van der Waals surface area contributed by atoms with Gasteiger partial charge in [-0.1, -0.05) is 12.1 Å². The number of amides is 1. The molecule has 38 heavy (non-hydrogen) atoms. The van der Waals surface area contributed by atoms with Crippen LogP contribution >= 0.6 is 12.6 Å². The first-order valence-electron chi connectivity index (χ1n) is 12.2. The molecule has 1 aromatic carbocycles. The molecule has 7 nitrogen and oxygen atoms in total. The fraction of sp³-hybridized carbons (Fsp3) is 0.286. The molecule has 3 aromatic heterocycles. The van der Waals surface area contributed by atoms with Gasteiger partial charge >= 0.3 is 0 Å². The molecule has 0 radical (unpaired) electrons. The summed E-state index contributed by atoms with van der Waals surface area (Å²) in [6, 6.07) is 19.0. The maximum absolute atomic E-state index is 12.5. The highest BCUT2D eigenvalue weighted by Gasteiger charge is 2.23. The molecule has 0 spiro atoms. The number of morpholine rings is 1. The zero-order chi connectivity index (χ0) is 27.1. The number of carbonyl (C=O) groups excluding carboxylic acids is 1. The van der Waals surface area contributed by atoms with Crippen molar-refractivity contribution in [2.24, 2.45) is 0 Å². The summed E-state index contributed by atoms with van der Waals surface area (Å²) in [6.45, 7) is 4.35. The number of nitrogens with one attached hydrogen (secondary N) is 1. The van der Waals surface area contributed by atoms with Gasteiger partial charge in [-0.05, 0) is 62.4 Å². The van der Waals surface area contributed by atoms with Crippen LogP contribution in [0.1, 0.15) is 29.9 Å².